The van der Waals surface area contributed by atoms with E-state index in [0.717, 1.165) is 11.3 Å². The minimum Gasteiger partial charge on any atom is -0.497 e. The normalized spacial score (nSPS) is 10.7. The zero-order chi connectivity index (χ0) is 24.5. The number of nitrogens with one attached hydrogen (secondary N) is 2. The SMILES string of the molecule is COc1ccc(COc2ccc(/C=N\NC(=O)c3ccc(NC(=O)c4ccccc4)cc3)o2)cc1. The number of nitrogens with zero attached hydrogens (tertiary/aromatic N) is 1. The van der Waals surface area contributed by atoms with Gasteiger partial charge in [-0.2, -0.15) is 5.10 Å². The molecule has 0 atom stereocenters. The van der Waals surface area contributed by atoms with E-state index in [2.05, 4.69) is 15.8 Å². The van der Waals surface area contributed by atoms with Crippen LogP contribution in [0.1, 0.15) is 32.0 Å². The van der Waals surface area contributed by atoms with Gasteiger partial charge in [-0.25, -0.2) is 5.43 Å². The lowest BCUT2D eigenvalue weighted by molar-refractivity contribution is 0.0954. The molecular weight excluding hydrogens is 446 g/mol. The maximum absolute atomic E-state index is 12.3. The topological polar surface area (TPSA) is 102 Å². The lowest BCUT2D eigenvalue weighted by atomic mass is 10.2. The Balaban J connectivity index is 1.25. The summed E-state index contributed by atoms with van der Waals surface area (Å²) in [5.74, 6) is 0.914. The number of anilines is 1. The highest BCUT2D eigenvalue weighted by Gasteiger charge is 2.08. The van der Waals surface area contributed by atoms with Crippen LogP contribution in [-0.2, 0) is 6.61 Å². The third kappa shape index (κ3) is 6.58. The number of carbonyl (C=O) groups is 2. The molecule has 2 N–H and O–H groups in total. The monoisotopic (exact) mass is 469 g/mol. The Morgan fingerprint density at radius 3 is 2.29 bits per heavy atom. The van der Waals surface area contributed by atoms with Crippen LogP contribution in [-0.4, -0.2) is 25.1 Å². The zero-order valence-electron chi connectivity index (χ0n) is 18.9. The number of ether oxygens (including phenoxy) is 2. The van der Waals surface area contributed by atoms with Gasteiger partial charge >= 0.3 is 0 Å². The standard InChI is InChI=1S/C27H23N3O5/c1-33-23-13-7-19(8-14-23)18-34-25-16-15-24(35-25)17-28-30-27(32)21-9-11-22(12-10-21)29-26(31)20-5-3-2-4-6-20/h2-17H,18H2,1H3,(H,29,31)(H,30,32)/b28-17-. The summed E-state index contributed by atoms with van der Waals surface area (Å²) >= 11 is 0. The summed E-state index contributed by atoms with van der Waals surface area (Å²) in [4.78, 5) is 24.5. The van der Waals surface area contributed by atoms with Crippen molar-refractivity contribution in [3.05, 3.63) is 113 Å². The Morgan fingerprint density at radius 1 is 0.857 bits per heavy atom. The highest BCUT2D eigenvalue weighted by Crippen LogP contribution is 2.18. The number of benzene rings is 3. The summed E-state index contributed by atoms with van der Waals surface area (Å²) in [5.41, 5.74) is 4.93. The molecule has 35 heavy (non-hydrogen) atoms. The third-order valence-electron chi connectivity index (χ3n) is 4.94. The summed E-state index contributed by atoms with van der Waals surface area (Å²) in [6.07, 6.45) is 1.38. The maximum atomic E-state index is 12.3. The minimum absolute atomic E-state index is 0.224. The van der Waals surface area contributed by atoms with E-state index < -0.39 is 5.91 Å². The van der Waals surface area contributed by atoms with Crippen molar-refractivity contribution >= 4 is 23.7 Å². The first-order valence-electron chi connectivity index (χ1n) is 10.8. The largest absolute Gasteiger partial charge is 0.497 e. The Labute approximate surface area is 202 Å². The van der Waals surface area contributed by atoms with E-state index in [1.165, 1.54) is 6.21 Å². The van der Waals surface area contributed by atoms with Crippen molar-refractivity contribution in [2.45, 2.75) is 6.61 Å². The van der Waals surface area contributed by atoms with E-state index in [4.69, 9.17) is 13.9 Å². The number of hydrazone groups is 1. The highest BCUT2D eigenvalue weighted by atomic mass is 16.6. The summed E-state index contributed by atoms with van der Waals surface area (Å²) in [5, 5.41) is 6.71. The summed E-state index contributed by atoms with van der Waals surface area (Å²) in [6, 6.07) is 26.3. The molecule has 0 aliphatic heterocycles. The first kappa shape index (κ1) is 23.3. The summed E-state index contributed by atoms with van der Waals surface area (Å²) in [7, 11) is 1.62. The molecule has 1 aromatic heterocycles. The molecule has 0 aliphatic carbocycles. The van der Waals surface area contributed by atoms with Gasteiger partial charge in [0, 0.05) is 22.9 Å². The first-order valence-corrected chi connectivity index (χ1v) is 10.8. The second kappa shape index (κ2) is 11.3. The van der Waals surface area contributed by atoms with Crippen molar-refractivity contribution in [3.63, 3.8) is 0 Å². The van der Waals surface area contributed by atoms with Crippen LogP contribution in [0.2, 0.25) is 0 Å². The Morgan fingerprint density at radius 2 is 1.57 bits per heavy atom. The molecule has 1 heterocycles. The van der Waals surface area contributed by atoms with Crippen molar-refractivity contribution in [1.82, 2.24) is 5.43 Å². The molecule has 4 aromatic rings. The van der Waals surface area contributed by atoms with Crippen molar-refractivity contribution < 1.29 is 23.5 Å². The molecule has 0 aliphatic rings. The molecule has 2 amide bonds. The third-order valence-corrected chi connectivity index (χ3v) is 4.94. The highest BCUT2D eigenvalue weighted by molar-refractivity contribution is 6.04. The van der Waals surface area contributed by atoms with Gasteiger partial charge in [0.25, 0.3) is 17.8 Å². The molecule has 0 spiro atoms. The van der Waals surface area contributed by atoms with Crippen LogP contribution in [0.25, 0.3) is 0 Å². The van der Waals surface area contributed by atoms with Gasteiger partial charge in [-0.3, -0.25) is 9.59 Å². The molecule has 4 rings (SSSR count). The number of amides is 2. The predicted molar refractivity (Wildman–Crippen MR) is 132 cm³/mol. The van der Waals surface area contributed by atoms with Crippen LogP contribution >= 0.6 is 0 Å². The van der Waals surface area contributed by atoms with Crippen LogP contribution in [0, 0.1) is 0 Å². The van der Waals surface area contributed by atoms with Crippen molar-refractivity contribution in [1.29, 1.82) is 0 Å². The zero-order valence-corrected chi connectivity index (χ0v) is 18.9. The Bertz CT molecular complexity index is 1300. The molecule has 176 valence electrons. The van der Waals surface area contributed by atoms with Crippen LogP contribution in [0.3, 0.4) is 0 Å². The summed E-state index contributed by atoms with van der Waals surface area (Å²) < 4.78 is 16.3. The molecular formula is C27H23N3O5. The van der Waals surface area contributed by atoms with Crippen molar-refractivity contribution in [2.24, 2.45) is 5.10 Å². The molecule has 0 radical (unpaired) electrons. The van der Waals surface area contributed by atoms with Gasteiger partial charge < -0.3 is 19.2 Å². The minimum atomic E-state index is -0.398. The van der Waals surface area contributed by atoms with Crippen LogP contribution in [0.4, 0.5) is 5.69 Å². The fourth-order valence-electron chi connectivity index (χ4n) is 3.07. The van der Waals surface area contributed by atoms with E-state index in [9.17, 15) is 9.59 Å². The van der Waals surface area contributed by atoms with Crippen LogP contribution < -0.4 is 20.2 Å². The van der Waals surface area contributed by atoms with E-state index in [1.807, 2.05) is 30.3 Å². The molecule has 0 saturated carbocycles. The molecule has 0 bridgehead atoms. The average Bonchev–Trinajstić information content (AvgIpc) is 3.36. The van der Waals surface area contributed by atoms with E-state index in [-0.39, 0.29) is 5.91 Å². The second-order valence-corrected chi connectivity index (χ2v) is 7.39. The first-order chi connectivity index (χ1) is 17.1. The number of methoxy groups -OCH3 is 1. The van der Waals surface area contributed by atoms with Crippen molar-refractivity contribution in [2.75, 3.05) is 12.4 Å². The van der Waals surface area contributed by atoms with E-state index in [0.29, 0.717) is 35.1 Å². The lowest BCUT2D eigenvalue weighted by Gasteiger charge is -2.06. The smallest absolute Gasteiger partial charge is 0.285 e. The van der Waals surface area contributed by atoms with Gasteiger partial charge in [0.1, 0.15) is 12.4 Å². The van der Waals surface area contributed by atoms with Gasteiger partial charge in [-0.15, -0.1) is 0 Å². The van der Waals surface area contributed by atoms with E-state index >= 15 is 0 Å². The number of furan rings is 1. The molecule has 8 nitrogen and oxygen atoms in total. The van der Waals surface area contributed by atoms with Gasteiger partial charge in [0.2, 0.25) is 0 Å². The summed E-state index contributed by atoms with van der Waals surface area (Å²) in [6.45, 7) is 0.340. The van der Waals surface area contributed by atoms with Crippen LogP contribution in [0.5, 0.6) is 11.7 Å². The molecule has 0 unspecified atom stereocenters. The molecule has 8 heteroatoms. The van der Waals surface area contributed by atoms with Crippen molar-refractivity contribution in [3.8, 4) is 11.7 Å². The quantitative estimate of drug-likeness (QED) is 0.269. The van der Waals surface area contributed by atoms with Gasteiger partial charge in [0.05, 0.1) is 13.3 Å². The van der Waals surface area contributed by atoms with Gasteiger partial charge in [0.15, 0.2) is 5.76 Å². The fourth-order valence-corrected chi connectivity index (χ4v) is 3.07. The molecule has 0 fully saturated rings. The fraction of sp³-hybridized carbons (Fsp3) is 0.0741. The Kier molecular flexibility index (Phi) is 7.55. The lowest BCUT2D eigenvalue weighted by Crippen LogP contribution is -2.17. The Hall–Kier alpha value is -4.85. The maximum Gasteiger partial charge on any atom is 0.285 e. The van der Waals surface area contributed by atoms with Crippen LogP contribution in [0.15, 0.2) is 101 Å². The number of carbonyl (C=O) groups excluding carboxylic acids is 2. The van der Waals surface area contributed by atoms with Gasteiger partial charge in [-0.05, 0) is 60.2 Å². The van der Waals surface area contributed by atoms with Gasteiger partial charge in [-0.1, -0.05) is 30.3 Å². The molecule has 3 aromatic carbocycles. The predicted octanol–water partition coefficient (Wildman–Crippen LogP) is 4.88. The number of rotatable bonds is 9. The number of hydrogen-bond acceptors (Lipinski definition) is 6. The second-order valence-electron chi connectivity index (χ2n) is 7.39. The van der Waals surface area contributed by atoms with E-state index in [1.54, 1.807) is 67.8 Å². The number of hydrogen-bond donors (Lipinski definition) is 2. The average molecular weight is 469 g/mol. The molecule has 0 saturated heterocycles.